The predicted octanol–water partition coefficient (Wildman–Crippen LogP) is 3.33. The third-order valence-electron chi connectivity index (χ3n) is 5.88. The van der Waals surface area contributed by atoms with E-state index in [0.717, 1.165) is 49.8 Å². The number of carbonyl (C=O) groups excluding carboxylic acids is 1. The molecule has 5 nitrogen and oxygen atoms in total. The summed E-state index contributed by atoms with van der Waals surface area (Å²) in [4.78, 5) is 21.3. The van der Waals surface area contributed by atoms with Crippen molar-refractivity contribution in [1.82, 2.24) is 14.8 Å². The van der Waals surface area contributed by atoms with Crippen molar-refractivity contribution in [3.63, 3.8) is 0 Å². The van der Waals surface area contributed by atoms with Crippen molar-refractivity contribution in [1.29, 1.82) is 0 Å². The molecule has 0 aromatic carbocycles. The standard InChI is InChI=1S/C20H33N3O2S/c1-15(2)5-6-19(24)23-13-20(14-23)9-17(7-8-22(20)4)10-25-11-18-12-26-16(3)21-18/h12,15,17H,5-11,13-14H2,1-4H3. The molecule has 2 saturated heterocycles. The Bertz CT molecular complexity index is 610. The van der Waals surface area contributed by atoms with Crippen LogP contribution >= 0.6 is 11.3 Å². The average molecular weight is 380 g/mol. The van der Waals surface area contributed by atoms with Crippen LogP contribution < -0.4 is 0 Å². The van der Waals surface area contributed by atoms with E-state index in [4.69, 9.17) is 4.74 Å². The van der Waals surface area contributed by atoms with Crippen LogP contribution in [0.5, 0.6) is 0 Å². The van der Waals surface area contributed by atoms with Gasteiger partial charge < -0.3 is 9.64 Å². The molecule has 0 radical (unpaired) electrons. The van der Waals surface area contributed by atoms with Gasteiger partial charge in [0.2, 0.25) is 5.91 Å². The average Bonchev–Trinajstić information content (AvgIpc) is 2.97. The van der Waals surface area contributed by atoms with Crippen molar-refractivity contribution >= 4 is 17.2 Å². The van der Waals surface area contributed by atoms with Gasteiger partial charge in [-0.25, -0.2) is 4.98 Å². The molecule has 3 rings (SSSR count). The molecule has 1 aromatic heterocycles. The number of carbonyl (C=O) groups is 1. The summed E-state index contributed by atoms with van der Waals surface area (Å²) < 4.78 is 5.95. The second kappa shape index (κ2) is 8.36. The molecule has 0 bridgehead atoms. The lowest BCUT2D eigenvalue weighted by Crippen LogP contribution is -2.72. The SMILES string of the molecule is Cc1nc(COCC2CCN(C)C3(C2)CN(C(=O)CCC(C)C)C3)cs1. The summed E-state index contributed by atoms with van der Waals surface area (Å²) in [5.74, 6) is 1.50. The fourth-order valence-electron chi connectivity index (χ4n) is 4.14. The maximum absolute atomic E-state index is 12.4. The van der Waals surface area contributed by atoms with Crippen LogP contribution in [0.15, 0.2) is 5.38 Å². The monoisotopic (exact) mass is 379 g/mol. The van der Waals surface area contributed by atoms with Crippen molar-refractivity contribution < 1.29 is 9.53 Å². The van der Waals surface area contributed by atoms with Crippen LogP contribution in [0.4, 0.5) is 0 Å². The molecule has 0 saturated carbocycles. The number of amides is 1. The van der Waals surface area contributed by atoms with Gasteiger partial charge in [-0.2, -0.15) is 0 Å². The van der Waals surface area contributed by atoms with Crippen LogP contribution in [0.2, 0.25) is 0 Å². The summed E-state index contributed by atoms with van der Waals surface area (Å²) in [7, 11) is 2.21. The van der Waals surface area contributed by atoms with Gasteiger partial charge in [-0.3, -0.25) is 9.69 Å². The Hall–Kier alpha value is -0.980. The first-order chi connectivity index (χ1) is 12.4. The van der Waals surface area contributed by atoms with Crippen molar-refractivity contribution in [2.45, 2.75) is 58.6 Å². The highest BCUT2D eigenvalue weighted by atomic mass is 32.1. The van der Waals surface area contributed by atoms with E-state index >= 15 is 0 Å². The van der Waals surface area contributed by atoms with E-state index in [9.17, 15) is 4.79 Å². The molecule has 0 aliphatic carbocycles. The smallest absolute Gasteiger partial charge is 0.222 e. The van der Waals surface area contributed by atoms with Gasteiger partial charge in [-0.15, -0.1) is 11.3 Å². The number of piperidine rings is 1. The van der Waals surface area contributed by atoms with Gasteiger partial charge in [-0.1, -0.05) is 13.8 Å². The lowest BCUT2D eigenvalue weighted by molar-refractivity contribution is -0.151. The lowest BCUT2D eigenvalue weighted by atomic mass is 9.75. The molecule has 26 heavy (non-hydrogen) atoms. The summed E-state index contributed by atoms with van der Waals surface area (Å²) in [6, 6.07) is 0. The molecule has 146 valence electrons. The maximum atomic E-state index is 12.4. The number of thiazole rings is 1. The summed E-state index contributed by atoms with van der Waals surface area (Å²) in [6.45, 7) is 10.7. The fraction of sp³-hybridized carbons (Fsp3) is 0.800. The molecule has 1 unspecified atom stereocenters. The van der Waals surface area contributed by atoms with Gasteiger partial charge in [0.25, 0.3) is 0 Å². The van der Waals surface area contributed by atoms with Crippen molar-refractivity contribution in [3.05, 3.63) is 16.1 Å². The van der Waals surface area contributed by atoms with Gasteiger partial charge in [-0.05, 0) is 51.6 Å². The molecule has 6 heteroatoms. The maximum Gasteiger partial charge on any atom is 0.222 e. The number of aryl methyl sites for hydroxylation is 1. The second-order valence-corrected chi connectivity index (χ2v) is 9.62. The Kier molecular flexibility index (Phi) is 6.36. The number of ether oxygens (including phenoxy) is 1. The van der Waals surface area contributed by atoms with Crippen LogP contribution in [-0.2, 0) is 16.1 Å². The molecule has 0 N–H and O–H groups in total. The topological polar surface area (TPSA) is 45.7 Å². The third-order valence-corrected chi connectivity index (χ3v) is 6.70. The van der Waals surface area contributed by atoms with Crippen molar-refractivity contribution in [2.75, 3.05) is 33.3 Å². The molecule has 2 aliphatic heterocycles. The van der Waals surface area contributed by atoms with E-state index in [1.54, 1.807) is 11.3 Å². The zero-order chi connectivity index (χ0) is 18.7. The molecule has 1 aromatic rings. The van der Waals surface area contributed by atoms with E-state index in [0.29, 0.717) is 30.8 Å². The highest BCUT2D eigenvalue weighted by Crippen LogP contribution is 2.38. The third kappa shape index (κ3) is 4.65. The van der Waals surface area contributed by atoms with Crippen LogP contribution in [0.1, 0.15) is 50.2 Å². The second-order valence-electron chi connectivity index (χ2n) is 8.56. The summed E-state index contributed by atoms with van der Waals surface area (Å²) in [5.41, 5.74) is 1.22. The van der Waals surface area contributed by atoms with E-state index in [-0.39, 0.29) is 5.54 Å². The minimum atomic E-state index is 0.178. The Morgan fingerprint density at radius 1 is 1.46 bits per heavy atom. The van der Waals surface area contributed by atoms with Gasteiger partial charge in [0.05, 0.1) is 29.5 Å². The molecule has 1 amide bonds. The molecule has 1 spiro atoms. The summed E-state index contributed by atoms with van der Waals surface area (Å²) in [6.07, 6.45) is 3.99. The van der Waals surface area contributed by atoms with Crippen LogP contribution in [0, 0.1) is 18.8 Å². The van der Waals surface area contributed by atoms with Crippen LogP contribution in [0.25, 0.3) is 0 Å². The summed E-state index contributed by atoms with van der Waals surface area (Å²) >= 11 is 1.68. The van der Waals surface area contributed by atoms with Gasteiger partial charge >= 0.3 is 0 Å². The van der Waals surface area contributed by atoms with E-state index in [1.165, 1.54) is 6.42 Å². The van der Waals surface area contributed by atoms with E-state index in [1.807, 2.05) is 6.92 Å². The Balaban J connectivity index is 1.44. The minimum absolute atomic E-state index is 0.178. The Morgan fingerprint density at radius 2 is 2.23 bits per heavy atom. The van der Waals surface area contributed by atoms with Gasteiger partial charge in [0.15, 0.2) is 0 Å². The largest absolute Gasteiger partial charge is 0.375 e. The van der Waals surface area contributed by atoms with Gasteiger partial charge in [0, 0.05) is 24.9 Å². The number of likely N-dealkylation sites (N-methyl/N-ethyl adjacent to an activating group) is 1. The number of likely N-dealkylation sites (tertiary alicyclic amines) is 2. The first-order valence-corrected chi connectivity index (χ1v) is 10.7. The zero-order valence-electron chi connectivity index (χ0n) is 16.7. The molecular weight excluding hydrogens is 346 g/mol. The molecule has 2 aliphatic rings. The van der Waals surface area contributed by atoms with Crippen LogP contribution in [0.3, 0.4) is 0 Å². The molecule has 3 heterocycles. The fourth-order valence-corrected chi connectivity index (χ4v) is 4.73. The molecular formula is C20H33N3O2S. The number of nitrogens with zero attached hydrogens (tertiary/aromatic N) is 3. The van der Waals surface area contributed by atoms with Gasteiger partial charge in [0.1, 0.15) is 0 Å². The highest BCUT2D eigenvalue weighted by Gasteiger charge is 2.50. The number of aromatic nitrogens is 1. The van der Waals surface area contributed by atoms with Crippen molar-refractivity contribution in [3.8, 4) is 0 Å². The number of hydrogen-bond acceptors (Lipinski definition) is 5. The quantitative estimate of drug-likeness (QED) is 0.729. The highest BCUT2D eigenvalue weighted by molar-refractivity contribution is 7.09. The Labute approximate surface area is 161 Å². The summed E-state index contributed by atoms with van der Waals surface area (Å²) in [5, 5.41) is 3.18. The van der Waals surface area contributed by atoms with Crippen molar-refractivity contribution in [2.24, 2.45) is 11.8 Å². The minimum Gasteiger partial charge on any atom is -0.375 e. The first-order valence-electron chi connectivity index (χ1n) is 9.86. The van der Waals surface area contributed by atoms with E-state index < -0.39 is 0 Å². The molecule has 1 atom stereocenters. The number of rotatable bonds is 7. The lowest BCUT2D eigenvalue weighted by Gasteiger charge is -2.58. The number of hydrogen-bond donors (Lipinski definition) is 0. The van der Waals surface area contributed by atoms with E-state index in [2.05, 4.69) is 41.1 Å². The normalized spacial score (nSPS) is 22.8. The van der Waals surface area contributed by atoms with Crippen LogP contribution in [-0.4, -0.2) is 59.5 Å². The predicted molar refractivity (Wildman–Crippen MR) is 105 cm³/mol. The Morgan fingerprint density at radius 3 is 2.88 bits per heavy atom. The molecule has 2 fully saturated rings. The first kappa shape index (κ1) is 19.8. The zero-order valence-corrected chi connectivity index (χ0v) is 17.5.